The normalized spacial score (nSPS) is 28.6. The van der Waals surface area contributed by atoms with E-state index in [0.29, 0.717) is 26.2 Å². The molecule has 6 heteroatoms. The van der Waals surface area contributed by atoms with Gasteiger partial charge in [-0.3, -0.25) is 4.79 Å². The van der Waals surface area contributed by atoms with E-state index in [9.17, 15) is 4.79 Å². The number of unbranched alkanes of at least 4 members (excludes halogenated alkanes) is 1. The molecule has 0 aromatic heterocycles. The third kappa shape index (κ3) is 3.64. The van der Waals surface area contributed by atoms with Gasteiger partial charge in [-0.15, -0.1) is 0 Å². The molecule has 20 heavy (non-hydrogen) atoms. The predicted molar refractivity (Wildman–Crippen MR) is 82.8 cm³/mol. The fraction of sp³-hybridized carbons (Fsp3) is 0.929. The first-order chi connectivity index (χ1) is 9.77. The Morgan fingerprint density at radius 2 is 2.15 bits per heavy atom. The van der Waals surface area contributed by atoms with Gasteiger partial charge in [0.05, 0.1) is 19.8 Å². The van der Waals surface area contributed by atoms with Crippen molar-refractivity contribution in [1.82, 2.24) is 4.90 Å². The van der Waals surface area contributed by atoms with Crippen LogP contribution >= 0.6 is 21.6 Å². The lowest BCUT2D eigenvalue weighted by Gasteiger charge is -2.22. The van der Waals surface area contributed by atoms with Gasteiger partial charge in [-0.2, -0.15) is 0 Å². The second-order valence-electron chi connectivity index (χ2n) is 5.75. The first kappa shape index (κ1) is 15.0. The summed E-state index contributed by atoms with van der Waals surface area (Å²) in [6.07, 6.45) is 6.31. The van der Waals surface area contributed by atoms with Crippen LogP contribution in [0.1, 0.15) is 38.5 Å². The number of hydrogen-bond acceptors (Lipinski definition) is 5. The van der Waals surface area contributed by atoms with Crippen LogP contribution in [0.2, 0.25) is 0 Å². The standard InChI is InChI=1S/C14H23NO3S2/c16-13(4-2-1-3-12-5-10-19-20-12)15-7-6-14(11-15)17-8-9-18-14/h12H,1-11H2/t12-/m1/s1. The average Bonchev–Trinajstić information content (AvgIpc) is 3.18. The van der Waals surface area contributed by atoms with Crippen molar-refractivity contribution in [2.75, 3.05) is 32.1 Å². The second kappa shape index (κ2) is 6.90. The van der Waals surface area contributed by atoms with E-state index in [4.69, 9.17) is 9.47 Å². The van der Waals surface area contributed by atoms with Crippen LogP contribution in [0.3, 0.4) is 0 Å². The quantitative estimate of drug-likeness (QED) is 0.576. The minimum Gasteiger partial charge on any atom is -0.346 e. The van der Waals surface area contributed by atoms with Gasteiger partial charge < -0.3 is 14.4 Å². The maximum Gasteiger partial charge on any atom is 0.222 e. The topological polar surface area (TPSA) is 38.8 Å². The fourth-order valence-corrected chi connectivity index (χ4v) is 6.10. The first-order valence-corrected chi connectivity index (χ1v) is 10.00. The van der Waals surface area contributed by atoms with Crippen molar-refractivity contribution in [3.05, 3.63) is 0 Å². The van der Waals surface area contributed by atoms with E-state index in [0.717, 1.165) is 24.6 Å². The van der Waals surface area contributed by atoms with Crippen LogP contribution in [-0.4, -0.2) is 53.9 Å². The molecule has 3 saturated heterocycles. The molecule has 114 valence electrons. The second-order valence-corrected chi connectivity index (χ2v) is 8.54. The Kier molecular flexibility index (Phi) is 5.18. The Morgan fingerprint density at radius 1 is 1.30 bits per heavy atom. The maximum absolute atomic E-state index is 12.2. The highest BCUT2D eigenvalue weighted by molar-refractivity contribution is 8.77. The zero-order valence-electron chi connectivity index (χ0n) is 11.8. The third-order valence-corrected chi connectivity index (χ3v) is 7.26. The molecule has 0 saturated carbocycles. The van der Waals surface area contributed by atoms with Crippen molar-refractivity contribution in [2.45, 2.75) is 49.6 Å². The first-order valence-electron chi connectivity index (χ1n) is 7.61. The molecular formula is C14H23NO3S2. The van der Waals surface area contributed by atoms with E-state index in [1.807, 2.05) is 26.5 Å². The van der Waals surface area contributed by atoms with Crippen molar-refractivity contribution in [2.24, 2.45) is 0 Å². The Bertz CT molecular complexity index is 341. The number of nitrogens with zero attached hydrogens (tertiary/aromatic N) is 1. The molecule has 0 radical (unpaired) electrons. The van der Waals surface area contributed by atoms with Crippen molar-refractivity contribution >= 4 is 27.5 Å². The zero-order chi connectivity index (χ0) is 13.8. The summed E-state index contributed by atoms with van der Waals surface area (Å²) in [4.78, 5) is 14.1. The summed E-state index contributed by atoms with van der Waals surface area (Å²) in [7, 11) is 4.02. The lowest BCUT2D eigenvalue weighted by atomic mass is 10.1. The van der Waals surface area contributed by atoms with Crippen molar-refractivity contribution < 1.29 is 14.3 Å². The third-order valence-electron chi connectivity index (χ3n) is 4.25. The highest BCUT2D eigenvalue weighted by atomic mass is 33.1. The molecule has 3 rings (SSSR count). The Labute approximate surface area is 128 Å². The minimum absolute atomic E-state index is 0.273. The van der Waals surface area contributed by atoms with Crippen molar-refractivity contribution in [3.8, 4) is 0 Å². The fourth-order valence-electron chi connectivity index (χ4n) is 3.07. The summed E-state index contributed by atoms with van der Waals surface area (Å²) in [5, 5.41) is 0.824. The molecule has 0 unspecified atom stereocenters. The Morgan fingerprint density at radius 3 is 2.90 bits per heavy atom. The molecule has 1 spiro atoms. The molecule has 0 aromatic carbocycles. The van der Waals surface area contributed by atoms with E-state index in [-0.39, 0.29) is 5.91 Å². The molecule has 0 bridgehead atoms. The number of carbonyl (C=O) groups excluding carboxylic acids is 1. The lowest BCUT2D eigenvalue weighted by Crippen LogP contribution is -2.36. The van der Waals surface area contributed by atoms with Gasteiger partial charge in [-0.05, 0) is 19.3 Å². The van der Waals surface area contributed by atoms with Gasteiger partial charge in [-0.25, -0.2) is 0 Å². The molecule has 4 nitrogen and oxygen atoms in total. The average molecular weight is 317 g/mol. The minimum atomic E-state index is -0.465. The van der Waals surface area contributed by atoms with Gasteiger partial charge in [0.1, 0.15) is 0 Å². The number of likely N-dealkylation sites (tertiary alicyclic amines) is 1. The lowest BCUT2D eigenvalue weighted by molar-refractivity contribution is -0.152. The molecule has 0 N–H and O–H groups in total. The highest BCUT2D eigenvalue weighted by Crippen LogP contribution is 2.40. The molecule has 0 aromatic rings. The Hall–Kier alpha value is 0.0900. The summed E-state index contributed by atoms with van der Waals surface area (Å²) in [5.41, 5.74) is 0. The van der Waals surface area contributed by atoms with Gasteiger partial charge in [0.2, 0.25) is 5.91 Å². The number of hydrogen-bond donors (Lipinski definition) is 0. The van der Waals surface area contributed by atoms with E-state index < -0.39 is 5.79 Å². The van der Waals surface area contributed by atoms with Gasteiger partial charge in [-0.1, -0.05) is 28.0 Å². The molecule has 0 aliphatic carbocycles. The summed E-state index contributed by atoms with van der Waals surface area (Å²) >= 11 is 0. The van der Waals surface area contributed by atoms with Crippen LogP contribution in [0.5, 0.6) is 0 Å². The molecule has 3 heterocycles. The van der Waals surface area contributed by atoms with Crippen LogP contribution in [0.25, 0.3) is 0 Å². The van der Waals surface area contributed by atoms with E-state index in [1.54, 1.807) is 0 Å². The SMILES string of the molecule is O=C(CCCC[C@@H]1CCSS1)N1CCC2(C1)OCCO2. The Balaban J connectivity index is 1.33. The number of amides is 1. The molecular weight excluding hydrogens is 294 g/mol. The number of rotatable bonds is 5. The van der Waals surface area contributed by atoms with Crippen LogP contribution < -0.4 is 0 Å². The van der Waals surface area contributed by atoms with Crippen LogP contribution in [0, 0.1) is 0 Å². The smallest absolute Gasteiger partial charge is 0.222 e. The van der Waals surface area contributed by atoms with E-state index >= 15 is 0 Å². The number of carbonyl (C=O) groups is 1. The van der Waals surface area contributed by atoms with Gasteiger partial charge in [0, 0.05) is 30.4 Å². The predicted octanol–water partition coefficient (Wildman–Crippen LogP) is 2.68. The largest absolute Gasteiger partial charge is 0.346 e. The van der Waals surface area contributed by atoms with Gasteiger partial charge in [0.15, 0.2) is 5.79 Å². The monoisotopic (exact) mass is 317 g/mol. The summed E-state index contributed by atoms with van der Waals surface area (Å²) in [5.74, 6) is 1.10. The van der Waals surface area contributed by atoms with E-state index in [2.05, 4.69) is 0 Å². The molecule has 1 atom stereocenters. The molecule has 3 fully saturated rings. The van der Waals surface area contributed by atoms with Gasteiger partial charge >= 0.3 is 0 Å². The van der Waals surface area contributed by atoms with Crippen LogP contribution in [-0.2, 0) is 14.3 Å². The molecule has 3 aliphatic rings. The number of ether oxygens (including phenoxy) is 2. The maximum atomic E-state index is 12.2. The van der Waals surface area contributed by atoms with Crippen molar-refractivity contribution in [1.29, 1.82) is 0 Å². The summed E-state index contributed by atoms with van der Waals surface area (Å²) in [6, 6.07) is 0. The van der Waals surface area contributed by atoms with Gasteiger partial charge in [0.25, 0.3) is 0 Å². The summed E-state index contributed by atoms with van der Waals surface area (Å²) < 4.78 is 11.3. The molecule has 3 aliphatic heterocycles. The van der Waals surface area contributed by atoms with E-state index in [1.165, 1.54) is 25.0 Å². The van der Waals surface area contributed by atoms with Crippen LogP contribution in [0.15, 0.2) is 0 Å². The van der Waals surface area contributed by atoms with Crippen LogP contribution in [0.4, 0.5) is 0 Å². The highest BCUT2D eigenvalue weighted by Gasteiger charge is 2.44. The zero-order valence-corrected chi connectivity index (χ0v) is 13.5. The van der Waals surface area contributed by atoms with Crippen molar-refractivity contribution in [3.63, 3.8) is 0 Å². The summed E-state index contributed by atoms with van der Waals surface area (Å²) in [6.45, 7) is 2.74. The molecule has 1 amide bonds.